The van der Waals surface area contributed by atoms with Gasteiger partial charge in [0.15, 0.2) is 0 Å². The van der Waals surface area contributed by atoms with Crippen LogP contribution in [0.25, 0.3) is 0 Å². The standard InChI is InChI=1S/C5H8N2.CH2O2/c1-4-5(2)7-3-6-4;2-1-3/h3H,1-2H3,(H,6,7);1H,(H,2,3). The second kappa shape index (κ2) is 4.55. The number of carbonyl (C=O) groups excluding carboxylic acids is 1. The Morgan fingerprint density at radius 2 is 2.20 bits per heavy atom. The number of carboxylic acid groups (broad SMARTS) is 1. The Morgan fingerprint density at radius 1 is 1.70 bits per heavy atom. The first kappa shape index (κ1) is 8.68. The van der Waals surface area contributed by atoms with Gasteiger partial charge in [-0.15, -0.1) is 0 Å². The summed E-state index contributed by atoms with van der Waals surface area (Å²) in [5, 5.41) is 8.25. The molecule has 0 radical (unpaired) electrons. The summed E-state index contributed by atoms with van der Waals surface area (Å²) in [6.07, 6.45) is 1.82. The second-order valence-corrected chi connectivity index (χ2v) is 1.78. The topological polar surface area (TPSA) is 70.1 Å². The third-order valence-corrected chi connectivity index (χ3v) is 1.14. The number of aromatic amines is 2. The fourth-order valence-electron chi connectivity index (χ4n) is 0.469. The minimum Gasteiger partial charge on any atom is -0.554 e. The van der Waals surface area contributed by atoms with Crippen molar-refractivity contribution in [1.82, 2.24) is 4.98 Å². The lowest BCUT2D eigenvalue weighted by Crippen LogP contribution is -2.01. The van der Waals surface area contributed by atoms with E-state index in [9.17, 15) is 0 Å². The molecule has 0 unspecified atom stereocenters. The van der Waals surface area contributed by atoms with Crippen LogP contribution in [0, 0.1) is 13.8 Å². The van der Waals surface area contributed by atoms with E-state index in [1.54, 1.807) is 0 Å². The Morgan fingerprint density at radius 3 is 2.30 bits per heavy atom. The maximum Gasteiger partial charge on any atom is 0.239 e. The Kier molecular flexibility index (Phi) is 3.95. The van der Waals surface area contributed by atoms with Gasteiger partial charge in [0.05, 0.1) is 0 Å². The minimum absolute atomic E-state index is 0.500. The summed E-state index contributed by atoms with van der Waals surface area (Å²) >= 11 is 0. The summed E-state index contributed by atoms with van der Waals surface area (Å²) in [7, 11) is 0. The molecular weight excluding hydrogens is 132 g/mol. The number of hydrogen-bond acceptors (Lipinski definition) is 2. The van der Waals surface area contributed by atoms with Gasteiger partial charge in [0, 0.05) is 20.3 Å². The molecule has 1 aromatic heterocycles. The van der Waals surface area contributed by atoms with Crippen LogP contribution in [0.3, 0.4) is 0 Å². The van der Waals surface area contributed by atoms with Crippen LogP contribution in [0.2, 0.25) is 0 Å². The summed E-state index contributed by atoms with van der Waals surface area (Å²) in [5.74, 6) is 0. The largest absolute Gasteiger partial charge is 0.554 e. The van der Waals surface area contributed by atoms with Crippen LogP contribution in [0.4, 0.5) is 0 Å². The molecule has 0 amide bonds. The van der Waals surface area contributed by atoms with Crippen molar-refractivity contribution in [1.29, 1.82) is 0 Å². The van der Waals surface area contributed by atoms with Crippen LogP contribution < -0.4 is 10.1 Å². The molecule has 1 aromatic rings. The van der Waals surface area contributed by atoms with Crippen molar-refractivity contribution in [2.75, 3.05) is 0 Å². The highest BCUT2D eigenvalue weighted by Gasteiger charge is 1.95. The Bertz CT molecular complexity index is 179. The highest BCUT2D eigenvalue weighted by Crippen LogP contribution is 1.89. The normalized spacial score (nSPS) is 7.80. The lowest BCUT2D eigenvalue weighted by atomic mass is 10.4. The molecular formula is C6H10N2O2. The van der Waals surface area contributed by atoms with Crippen molar-refractivity contribution in [3.8, 4) is 0 Å². The number of hydrogen-bond donors (Lipinski definition) is 1. The number of rotatable bonds is 0. The van der Waals surface area contributed by atoms with Crippen molar-refractivity contribution in [2.24, 2.45) is 0 Å². The molecule has 0 aliphatic rings. The van der Waals surface area contributed by atoms with Gasteiger partial charge in [0.2, 0.25) is 6.33 Å². The summed E-state index contributed by atoms with van der Waals surface area (Å²) in [4.78, 5) is 14.3. The van der Waals surface area contributed by atoms with E-state index >= 15 is 0 Å². The summed E-state index contributed by atoms with van der Waals surface area (Å²) in [6.45, 7) is 3.57. The number of imidazole rings is 1. The molecule has 4 nitrogen and oxygen atoms in total. The predicted molar refractivity (Wildman–Crippen MR) is 32.9 cm³/mol. The zero-order valence-corrected chi connectivity index (χ0v) is 5.97. The Labute approximate surface area is 58.9 Å². The van der Waals surface area contributed by atoms with Crippen LogP contribution in [-0.2, 0) is 4.79 Å². The molecule has 0 spiro atoms. The molecule has 10 heavy (non-hydrogen) atoms. The van der Waals surface area contributed by atoms with Gasteiger partial charge < -0.3 is 9.90 Å². The third-order valence-electron chi connectivity index (χ3n) is 1.14. The molecule has 0 aliphatic heterocycles. The SMILES string of the molecule is Cc1[nH]c[nH+]c1C.O=C[O-]. The average Bonchev–Trinajstić information content (AvgIpc) is 2.19. The molecule has 1 heterocycles. The van der Waals surface area contributed by atoms with Gasteiger partial charge >= 0.3 is 0 Å². The van der Waals surface area contributed by atoms with Gasteiger partial charge in [-0.2, -0.15) is 0 Å². The first-order valence-electron chi connectivity index (χ1n) is 2.80. The predicted octanol–water partition coefficient (Wildman–Crippen LogP) is -1.19. The van der Waals surface area contributed by atoms with E-state index in [0.717, 1.165) is 0 Å². The Balaban J connectivity index is 0.000000236. The van der Waals surface area contributed by atoms with Gasteiger partial charge in [0.25, 0.3) is 0 Å². The first-order chi connectivity index (χ1) is 4.72. The van der Waals surface area contributed by atoms with Crippen molar-refractivity contribution in [2.45, 2.75) is 13.8 Å². The van der Waals surface area contributed by atoms with Gasteiger partial charge in [-0.3, -0.25) is 0 Å². The second-order valence-electron chi connectivity index (χ2n) is 1.78. The molecule has 0 fully saturated rings. The van der Waals surface area contributed by atoms with Gasteiger partial charge in [-0.1, -0.05) is 0 Å². The average molecular weight is 142 g/mol. The minimum atomic E-state index is -0.500. The highest BCUT2D eigenvalue weighted by molar-refractivity contribution is 5.29. The lowest BCUT2D eigenvalue weighted by molar-refractivity contribution is -0.385. The number of aryl methyl sites for hydroxylation is 2. The molecule has 1 rings (SSSR count). The molecule has 0 aromatic carbocycles. The van der Waals surface area contributed by atoms with Crippen LogP contribution in [-0.4, -0.2) is 11.5 Å². The number of nitrogens with one attached hydrogen (secondary N) is 2. The molecule has 0 aliphatic carbocycles. The van der Waals surface area contributed by atoms with E-state index in [1.165, 1.54) is 11.4 Å². The number of H-pyrrole nitrogens is 2. The summed E-state index contributed by atoms with van der Waals surface area (Å²) in [5.41, 5.74) is 2.42. The molecule has 0 saturated carbocycles. The van der Waals surface area contributed by atoms with E-state index in [1.807, 2.05) is 20.2 Å². The van der Waals surface area contributed by atoms with E-state index in [0.29, 0.717) is 0 Å². The van der Waals surface area contributed by atoms with E-state index in [2.05, 4.69) is 9.97 Å². The van der Waals surface area contributed by atoms with Crippen LogP contribution >= 0.6 is 0 Å². The molecule has 0 saturated heterocycles. The molecule has 56 valence electrons. The molecule has 0 bridgehead atoms. The van der Waals surface area contributed by atoms with E-state index in [4.69, 9.17) is 9.90 Å². The third kappa shape index (κ3) is 2.86. The van der Waals surface area contributed by atoms with Crippen LogP contribution in [0.15, 0.2) is 6.33 Å². The fourth-order valence-corrected chi connectivity index (χ4v) is 0.469. The lowest BCUT2D eigenvalue weighted by Gasteiger charge is -1.71. The molecule has 0 atom stereocenters. The van der Waals surface area contributed by atoms with Gasteiger partial charge in [0.1, 0.15) is 11.4 Å². The van der Waals surface area contributed by atoms with Gasteiger partial charge in [-0.05, 0) is 0 Å². The zero-order chi connectivity index (χ0) is 7.98. The maximum absolute atomic E-state index is 8.25. The molecule has 4 heteroatoms. The molecule has 2 N–H and O–H groups in total. The van der Waals surface area contributed by atoms with Crippen molar-refractivity contribution in [3.05, 3.63) is 17.7 Å². The van der Waals surface area contributed by atoms with Crippen molar-refractivity contribution < 1.29 is 14.9 Å². The monoisotopic (exact) mass is 142 g/mol. The fraction of sp³-hybridized carbons (Fsp3) is 0.333. The summed E-state index contributed by atoms with van der Waals surface area (Å²) in [6, 6.07) is 0. The van der Waals surface area contributed by atoms with Crippen molar-refractivity contribution >= 4 is 6.47 Å². The first-order valence-corrected chi connectivity index (χ1v) is 2.80. The summed E-state index contributed by atoms with van der Waals surface area (Å²) < 4.78 is 0. The van der Waals surface area contributed by atoms with Crippen LogP contribution in [0.1, 0.15) is 11.4 Å². The number of aromatic nitrogens is 2. The highest BCUT2D eigenvalue weighted by atomic mass is 16.3. The van der Waals surface area contributed by atoms with Gasteiger partial charge in [-0.25, -0.2) is 9.97 Å². The number of carbonyl (C=O) groups is 1. The van der Waals surface area contributed by atoms with E-state index < -0.39 is 6.47 Å². The Hall–Kier alpha value is -1.32. The maximum atomic E-state index is 8.25. The van der Waals surface area contributed by atoms with Crippen LogP contribution in [0.5, 0.6) is 0 Å². The van der Waals surface area contributed by atoms with Crippen molar-refractivity contribution in [3.63, 3.8) is 0 Å². The zero-order valence-electron chi connectivity index (χ0n) is 5.97. The van der Waals surface area contributed by atoms with E-state index in [-0.39, 0.29) is 0 Å². The smallest absolute Gasteiger partial charge is 0.239 e. The quantitative estimate of drug-likeness (QED) is 0.463.